The van der Waals surface area contributed by atoms with Gasteiger partial charge in [-0.25, -0.2) is 9.50 Å². The van der Waals surface area contributed by atoms with E-state index in [9.17, 15) is 4.79 Å². The lowest BCUT2D eigenvalue weighted by Crippen LogP contribution is -2.14. The zero-order valence-corrected chi connectivity index (χ0v) is 15.7. The molecule has 0 aliphatic carbocycles. The van der Waals surface area contributed by atoms with Crippen molar-refractivity contribution in [2.45, 2.75) is 11.9 Å². The summed E-state index contributed by atoms with van der Waals surface area (Å²) in [6.45, 7) is 2.00. The molecule has 3 heterocycles. The summed E-state index contributed by atoms with van der Waals surface area (Å²) >= 11 is 3.06. The molecule has 3 aromatic heterocycles. The van der Waals surface area contributed by atoms with Crippen molar-refractivity contribution in [3.8, 4) is 10.6 Å². The zero-order chi connectivity index (χ0) is 17.9. The van der Waals surface area contributed by atoms with E-state index < -0.39 is 0 Å². The Hall–Kier alpha value is -2.64. The number of benzene rings is 1. The van der Waals surface area contributed by atoms with Crippen LogP contribution in [0.1, 0.15) is 5.56 Å². The van der Waals surface area contributed by atoms with Crippen LogP contribution in [-0.4, -0.2) is 26.3 Å². The third kappa shape index (κ3) is 3.63. The number of fused-ring (bicyclic) bond motifs is 1. The van der Waals surface area contributed by atoms with Gasteiger partial charge in [0.05, 0.1) is 16.1 Å². The summed E-state index contributed by atoms with van der Waals surface area (Å²) in [6, 6.07) is 13.8. The summed E-state index contributed by atoms with van der Waals surface area (Å²) in [5, 5.41) is 10.3. The second kappa shape index (κ2) is 7.31. The Labute approximate surface area is 159 Å². The maximum absolute atomic E-state index is 12.2. The van der Waals surface area contributed by atoms with Gasteiger partial charge in [-0.3, -0.25) is 4.79 Å². The standard InChI is InChI=1S/C19H16N4OS2/c1-13-4-2-5-14(10-13)21-18(24)12-26-19-16-11-15(17-6-3-9-25-17)22-23(16)8-7-20-19/h2-11H,12H2,1H3,(H,21,24). The highest BCUT2D eigenvalue weighted by atomic mass is 32.2. The lowest BCUT2D eigenvalue weighted by Gasteiger charge is -2.06. The van der Waals surface area contributed by atoms with Crippen LogP contribution in [0.4, 0.5) is 5.69 Å². The number of amides is 1. The molecule has 0 aliphatic rings. The minimum atomic E-state index is -0.0533. The van der Waals surface area contributed by atoms with Crippen molar-refractivity contribution < 1.29 is 4.79 Å². The summed E-state index contributed by atoms with van der Waals surface area (Å²) in [4.78, 5) is 17.8. The normalized spacial score (nSPS) is 11.0. The molecule has 5 nitrogen and oxygen atoms in total. The van der Waals surface area contributed by atoms with E-state index in [0.29, 0.717) is 5.75 Å². The Morgan fingerprint density at radius 1 is 1.27 bits per heavy atom. The molecule has 0 unspecified atom stereocenters. The van der Waals surface area contributed by atoms with Crippen LogP contribution < -0.4 is 5.32 Å². The van der Waals surface area contributed by atoms with Crippen molar-refractivity contribution in [1.82, 2.24) is 14.6 Å². The second-order valence-electron chi connectivity index (χ2n) is 5.78. The van der Waals surface area contributed by atoms with Gasteiger partial charge in [0.1, 0.15) is 10.7 Å². The number of carbonyl (C=O) groups excluding carboxylic acids is 1. The van der Waals surface area contributed by atoms with Crippen molar-refractivity contribution in [2.24, 2.45) is 0 Å². The van der Waals surface area contributed by atoms with E-state index in [2.05, 4.69) is 15.4 Å². The van der Waals surface area contributed by atoms with Gasteiger partial charge in [-0.1, -0.05) is 30.0 Å². The van der Waals surface area contributed by atoms with Gasteiger partial charge in [-0.05, 0) is 42.1 Å². The monoisotopic (exact) mass is 380 g/mol. The fourth-order valence-electron chi connectivity index (χ4n) is 2.61. The summed E-state index contributed by atoms with van der Waals surface area (Å²) in [5.74, 6) is 0.238. The van der Waals surface area contributed by atoms with Gasteiger partial charge < -0.3 is 5.32 Å². The number of hydrogen-bond donors (Lipinski definition) is 1. The first-order valence-electron chi connectivity index (χ1n) is 8.06. The number of aromatic nitrogens is 3. The maximum Gasteiger partial charge on any atom is 0.234 e. The Morgan fingerprint density at radius 3 is 3.00 bits per heavy atom. The zero-order valence-electron chi connectivity index (χ0n) is 14.0. The van der Waals surface area contributed by atoms with Crippen LogP contribution in [0.15, 0.2) is 65.3 Å². The molecule has 1 aromatic carbocycles. The summed E-state index contributed by atoms with van der Waals surface area (Å²) < 4.78 is 1.81. The topological polar surface area (TPSA) is 59.3 Å². The average molecular weight is 380 g/mol. The van der Waals surface area contributed by atoms with Crippen LogP contribution in [0.5, 0.6) is 0 Å². The number of anilines is 1. The molecule has 0 bridgehead atoms. The number of thioether (sulfide) groups is 1. The number of aryl methyl sites for hydroxylation is 1. The van der Waals surface area contributed by atoms with Crippen LogP contribution in [0.25, 0.3) is 16.1 Å². The fraction of sp³-hybridized carbons (Fsp3) is 0.105. The molecule has 0 aliphatic heterocycles. The highest BCUT2D eigenvalue weighted by Gasteiger charge is 2.12. The first-order valence-corrected chi connectivity index (χ1v) is 9.93. The van der Waals surface area contributed by atoms with E-state index in [1.165, 1.54) is 11.8 Å². The summed E-state index contributed by atoms with van der Waals surface area (Å²) in [6.07, 6.45) is 3.53. The Morgan fingerprint density at radius 2 is 2.19 bits per heavy atom. The van der Waals surface area contributed by atoms with E-state index in [-0.39, 0.29) is 5.91 Å². The molecule has 4 aromatic rings. The quantitative estimate of drug-likeness (QED) is 0.518. The largest absolute Gasteiger partial charge is 0.325 e. The third-order valence-electron chi connectivity index (χ3n) is 3.77. The Kier molecular flexibility index (Phi) is 4.73. The van der Waals surface area contributed by atoms with Gasteiger partial charge in [0.2, 0.25) is 5.91 Å². The minimum Gasteiger partial charge on any atom is -0.325 e. The molecule has 0 fully saturated rings. The van der Waals surface area contributed by atoms with Crippen LogP contribution >= 0.6 is 23.1 Å². The van der Waals surface area contributed by atoms with Gasteiger partial charge in [0, 0.05) is 18.1 Å². The van der Waals surface area contributed by atoms with E-state index >= 15 is 0 Å². The number of carbonyl (C=O) groups is 1. The van der Waals surface area contributed by atoms with Gasteiger partial charge in [0.25, 0.3) is 0 Å². The molecule has 130 valence electrons. The third-order valence-corrected chi connectivity index (χ3v) is 5.66. The molecule has 26 heavy (non-hydrogen) atoms. The molecule has 0 spiro atoms. The van der Waals surface area contributed by atoms with E-state index in [1.807, 2.05) is 65.5 Å². The molecular formula is C19H16N4OS2. The number of rotatable bonds is 5. The van der Waals surface area contributed by atoms with Crippen molar-refractivity contribution in [2.75, 3.05) is 11.1 Å². The molecule has 1 N–H and O–H groups in total. The van der Waals surface area contributed by atoms with Crippen molar-refractivity contribution in [3.63, 3.8) is 0 Å². The summed E-state index contributed by atoms with van der Waals surface area (Å²) in [5.41, 5.74) is 3.75. The number of hydrogen-bond acceptors (Lipinski definition) is 5. The molecule has 0 saturated heterocycles. The highest BCUT2D eigenvalue weighted by molar-refractivity contribution is 8.00. The molecular weight excluding hydrogens is 364 g/mol. The van der Waals surface area contributed by atoms with Crippen molar-refractivity contribution in [3.05, 3.63) is 65.8 Å². The molecule has 4 rings (SSSR count). The number of nitrogens with one attached hydrogen (secondary N) is 1. The molecule has 0 radical (unpaired) electrons. The van der Waals surface area contributed by atoms with Crippen LogP contribution in [-0.2, 0) is 4.79 Å². The highest BCUT2D eigenvalue weighted by Crippen LogP contribution is 2.28. The fourth-order valence-corrected chi connectivity index (χ4v) is 4.06. The lowest BCUT2D eigenvalue weighted by atomic mass is 10.2. The maximum atomic E-state index is 12.2. The molecule has 0 saturated carbocycles. The average Bonchev–Trinajstić information content (AvgIpc) is 3.29. The first-order chi connectivity index (χ1) is 12.7. The lowest BCUT2D eigenvalue weighted by molar-refractivity contribution is -0.113. The predicted octanol–water partition coefficient (Wildman–Crippen LogP) is 4.50. The molecule has 7 heteroatoms. The van der Waals surface area contributed by atoms with Crippen LogP contribution in [0.3, 0.4) is 0 Å². The van der Waals surface area contributed by atoms with Gasteiger partial charge >= 0.3 is 0 Å². The molecule has 0 atom stereocenters. The summed E-state index contributed by atoms with van der Waals surface area (Å²) in [7, 11) is 0. The SMILES string of the molecule is Cc1cccc(NC(=O)CSc2nccn3nc(-c4cccs4)cc23)c1. The minimum absolute atomic E-state index is 0.0533. The van der Waals surface area contributed by atoms with E-state index in [0.717, 1.165) is 32.4 Å². The Balaban J connectivity index is 1.49. The van der Waals surface area contributed by atoms with Crippen molar-refractivity contribution in [1.29, 1.82) is 0 Å². The predicted molar refractivity (Wildman–Crippen MR) is 107 cm³/mol. The molecule has 1 amide bonds. The van der Waals surface area contributed by atoms with Crippen LogP contribution in [0.2, 0.25) is 0 Å². The van der Waals surface area contributed by atoms with Crippen molar-refractivity contribution >= 4 is 40.2 Å². The number of nitrogens with zero attached hydrogens (tertiary/aromatic N) is 3. The van der Waals surface area contributed by atoms with Gasteiger partial charge in [-0.2, -0.15) is 5.10 Å². The van der Waals surface area contributed by atoms with E-state index in [4.69, 9.17) is 0 Å². The van der Waals surface area contributed by atoms with Gasteiger partial charge in [0.15, 0.2) is 0 Å². The first kappa shape index (κ1) is 16.8. The number of thiophene rings is 1. The van der Waals surface area contributed by atoms with Crippen LogP contribution in [0, 0.1) is 6.92 Å². The van der Waals surface area contributed by atoms with E-state index in [1.54, 1.807) is 17.5 Å². The second-order valence-corrected chi connectivity index (χ2v) is 7.69. The Bertz CT molecular complexity index is 1060. The smallest absolute Gasteiger partial charge is 0.234 e. The van der Waals surface area contributed by atoms with Gasteiger partial charge in [-0.15, -0.1) is 11.3 Å².